The largest absolute Gasteiger partial charge is 0.437 e. The molecule has 2 heterocycles. The van der Waals surface area contributed by atoms with Crippen molar-refractivity contribution in [1.29, 1.82) is 0 Å². The van der Waals surface area contributed by atoms with Crippen LogP contribution < -0.4 is 4.90 Å². The van der Waals surface area contributed by atoms with Gasteiger partial charge in [-0.3, -0.25) is 4.79 Å². The Morgan fingerprint density at radius 2 is 2.12 bits per heavy atom. The first-order valence-corrected chi connectivity index (χ1v) is 6.21. The van der Waals surface area contributed by atoms with Crippen LogP contribution in [-0.4, -0.2) is 43.9 Å². The molecular formula is C13H20N2O2. The number of likely N-dealkylation sites (N-methyl/N-ethyl adjacent to an activating group) is 1. The fourth-order valence-electron chi connectivity index (χ4n) is 2.13. The summed E-state index contributed by atoms with van der Waals surface area (Å²) in [6.45, 7) is 5.94. The molecule has 94 valence electrons. The van der Waals surface area contributed by atoms with Crippen LogP contribution in [0.1, 0.15) is 30.3 Å². The van der Waals surface area contributed by atoms with E-state index >= 15 is 0 Å². The van der Waals surface area contributed by atoms with E-state index < -0.39 is 0 Å². The predicted molar refractivity (Wildman–Crippen MR) is 67.7 cm³/mol. The summed E-state index contributed by atoms with van der Waals surface area (Å²) in [6.07, 6.45) is 2.64. The lowest BCUT2D eigenvalue weighted by atomic mass is 10.3. The number of carbonyl (C=O) groups excluding carboxylic acids is 1. The molecule has 1 aliphatic rings. The zero-order valence-corrected chi connectivity index (χ0v) is 10.6. The number of hydrogen-bond acceptors (Lipinski definition) is 4. The van der Waals surface area contributed by atoms with E-state index in [0.717, 1.165) is 19.0 Å². The Morgan fingerprint density at radius 3 is 2.71 bits per heavy atom. The van der Waals surface area contributed by atoms with Crippen molar-refractivity contribution in [2.75, 3.05) is 38.1 Å². The molecule has 1 aromatic rings. The summed E-state index contributed by atoms with van der Waals surface area (Å²) < 4.78 is 5.48. The molecule has 0 amide bonds. The third-order valence-electron chi connectivity index (χ3n) is 3.27. The Labute approximate surface area is 102 Å². The molecule has 0 aromatic carbocycles. The zero-order valence-electron chi connectivity index (χ0n) is 10.6. The van der Waals surface area contributed by atoms with E-state index in [-0.39, 0.29) is 5.78 Å². The minimum Gasteiger partial charge on any atom is -0.437 e. The lowest BCUT2D eigenvalue weighted by molar-refractivity contribution is 0.0988. The number of furan rings is 1. The van der Waals surface area contributed by atoms with Gasteiger partial charge in [0.05, 0.1) is 0 Å². The first kappa shape index (κ1) is 12.2. The van der Waals surface area contributed by atoms with E-state index in [9.17, 15) is 4.79 Å². The summed E-state index contributed by atoms with van der Waals surface area (Å²) >= 11 is 0. The van der Waals surface area contributed by atoms with E-state index in [1.807, 2.05) is 13.1 Å². The Bertz CT molecular complexity index is 381. The van der Waals surface area contributed by atoms with Gasteiger partial charge in [-0.25, -0.2) is 0 Å². The van der Waals surface area contributed by atoms with E-state index in [1.165, 1.54) is 32.9 Å². The third kappa shape index (κ3) is 3.09. The van der Waals surface area contributed by atoms with Gasteiger partial charge in [0.2, 0.25) is 0 Å². The highest BCUT2D eigenvalue weighted by molar-refractivity contribution is 5.91. The molecule has 0 bridgehead atoms. The maximum Gasteiger partial charge on any atom is 0.196 e. The van der Waals surface area contributed by atoms with Crippen LogP contribution >= 0.6 is 0 Å². The van der Waals surface area contributed by atoms with Crippen LogP contribution in [0.15, 0.2) is 16.5 Å². The van der Waals surface area contributed by atoms with E-state index in [4.69, 9.17) is 4.42 Å². The number of hydrogen-bond donors (Lipinski definition) is 0. The van der Waals surface area contributed by atoms with Crippen LogP contribution in [0.3, 0.4) is 0 Å². The second-order valence-electron chi connectivity index (χ2n) is 4.66. The smallest absolute Gasteiger partial charge is 0.196 e. The number of ketones is 1. The Hall–Kier alpha value is -1.29. The SMILES string of the molecule is CC(=O)c1ccc(N(C)CCN2CCCC2)o1. The Balaban J connectivity index is 1.85. The number of Topliss-reactive ketones (excluding diaryl/α,β-unsaturated/α-hetero) is 1. The first-order valence-electron chi connectivity index (χ1n) is 6.21. The molecule has 4 heteroatoms. The van der Waals surface area contributed by atoms with E-state index in [1.54, 1.807) is 6.07 Å². The van der Waals surface area contributed by atoms with Crippen molar-refractivity contribution in [2.24, 2.45) is 0 Å². The average Bonchev–Trinajstić information content (AvgIpc) is 2.96. The molecule has 0 unspecified atom stereocenters. The lowest BCUT2D eigenvalue weighted by Gasteiger charge is -2.20. The number of rotatable bonds is 5. The van der Waals surface area contributed by atoms with Crippen LogP contribution in [0.2, 0.25) is 0 Å². The second kappa shape index (κ2) is 5.36. The second-order valence-corrected chi connectivity index (χ2v) is 4.66. The summed E-state index contributed by atoms with van der Waals surface area (Å²) in [5, 5.41) is 0. The van der Waals surface area contributed by atoms with Gasteiger partial charge in [0.25, 0.3) is 0 Å². The maximum atomic E-state index is 11.1. The molecule has 0 spiro atoms. The highest BCUT2D eigenvalue weighted by Gasteiger charge is 2.14. The summed E-state index contributed by atoms with van der Waals surface area (Å²) in [5.74, 6) is 1.19. The van der Waals surface area contributed by atoms with Gasteiger partial charge in [-0.05, 0) is 32.0 Å². The van der Waals surface area contributed by atoms with Crippen molar-refractivity contribution in [3.05, 3.63) is 17.9 Å². The highest BCUT2D eigenvalue weighted by atomic mass is 16.4. The standard InChI is InChI=1S/C13H20N2O2/c1-11(16)12-5-6-13(17-12)14(2)9-10-15-7-3-4-8-15/h5-6H,3-4,7-10H2,1-2H3. The Morgan fingerprint density at radius 1 is 1.41 bits per heavy atom. The molecule has 17 heavy (non-hydrogen) atoms. The van der Waals surface area contributed by atoms with Gasteiger partial charge in [-0.2, -0.15) is 0 Å². The molecule has 4 nitrogen and oxygen atoms in total. The monoisotopic (exact) mass is 236 g/mol. The number of anilines is 1. The number of likely N-dealkylation sites (tertiary alicyclic amines) is 1. The summed E-state index contributed by atoms with van der Waals surface area (Å²) in [4.78, 5) is 15.7. The molecule has 1 fully saturated rings. The molecule has 0 saturated carbocycles. The molecule has 0 atom stereocenters. The highest BCUT2D eigenvalue weighted by Crippen LogP contribution is 2.17. The van der Waals surface area contributed by atoms with Gasteiger partial charge in [-0.15, -0.1) is 0 Å². The molecule has 1 aliphatic heterocycles. The van der Waals surface area contributed by atoms with Gasteiger partial charge in [0.15, 0.2) is 17.4 Å². The topological polar surface area (TPSA) is 36.7 Å². The van der Waals surface area contributed by atoms with Crippen LogP contribution in [0, 0.1) is 0 Å². The fourth-order valence-corrected chi connectivity index (χ4v) is 2.13. The fraction of sp³-hybridized carbons (Fsp3) is 0.615. The molecule has 1 saturated heterocycles. The van der Waals surface area contributed by atoms with E-state index in [2.05, 4.69) is 9.80 Å². The molecule has 0 radical (unpaired) electrons. The summed E-state index contributed by atoms with van der Waals surface area (Å²) in [7, 11) is 2.00. The minimum atomic E-state index is -0.0239. The van der Waals surface area contributed by atoms with Gasteiger partial charge >= 0.3 is 0 Å². The van der Waals surface area contributed by atoms with Gasteiger partial charge in [0.1, 0.15) is 0 Å². The number of carbonyl (C=O) groups is 1. The van der Waals surface area contributed by atoms with Gasteiger partial charge in [-0.1, -0.05) is 0 Å². The van der Waals surface area contributed by atoms with Crippen LogP contribution in [-0.2, 0) is 0 Å². The number of nitrogens with zero attached hydrogens (tertiary/aromatic N) is 2. The third-order valence-corrected chi connectivity index (χ3v) is 3.27. The lowest BCUT2D eigenvalue weighted by Crippen LogP contribution is -2.31. The molecular weight excluding hydrogens is 216 g/mol. The van der Waals surface area contributed by atoms with Gasteiger partial charge < -0.3 is 14.2 Å². The van der Waals surface area contributed by atoms with Crippen molar-refractivity contribution in [3.8, 4) is 0 Å². The minimum absolute atomic E-state index is 0.0239. The summed E-state index contributed by atoms with van der Waals surface area (Å²) in [6, 6.07) is 3.60. The summed E-state index contributed by atoms with van der Waals surface area (Å²) in [5.41, 5.74) is 0. The molecule has 0 N–H and O–H groups in total. The molecule has 1 aromatic heterocycles. The Kier molecular flexibility index (Phi) is 3.84. The van der Waals surface area contributed by atoms with Crippen LogP contribution in [0.4, 0.5) is 5.88 Å². The predicted octanol–water partition coefficient (Wildman–Crippen LogP) is 2.01. The van der Waals surface area contributed by atoms with Gasteiger partial charge in [0, 0.05) is 33.1 Å². The van der Waals surface area contributed by atoms with E-state index in [0.29, 0.717) is 5.76 Å². The van der Waals surface area contributed by atoms with Crippen molar-refractivity contribution in [3.63, 3.8) is 0 Å². The normalized spacial score (nSPS) is 16.4. The quantitative estimate of drug-likeness (QED) is 0.733. The van der Waals surface area contributed by atoms with Crippen molar-refractivity contribution < 1.29 is 9.21 Å². The van der Waals surface area contributed by atoms with Crippen molar-refractivity contribution in [2.45, 2.75) is 19.8 Å². The van der Waals surface area contributed by atoms with Crippen molar-refractivity contribution >= 4 is 11.7 Å². The molecule has 2 rings (SSSR count). The first-order chi connectivity index (χ1) is 8.16. The van der Waals surface area contributed by atoms with Crippen LogP contribution in [0.25, 0.3) is 0 Å². The molecule has 0 aliphatic carbocycles. The zero-order chi connectivity index (χ0) is 12.3. The van der Waals surface area contributed by atoms with Crippen LogP contribution in [0.5, 0.6) is 0 Å². The average molecular weight is 236 g/mol. The van der Waals surface area contributed by atoms with Crippen molar-refractivity contribution in [1.82, 2.24) is 4.90 Å². The maximum absolute atomic E-state index is 11.1.